The Morgan fingerprint density at radius 3 is 2.71 bits per heavy atom. The molecule has 2 heterocycles. The maximum absolute atomic E-state index is 10.9. The van der Waals surface area contributed by atoms with Crippen molar-refractivity contribution in [3.8, 4) is 0 Å². The molecule has 0 spiro atoms. The molecule has 6 heteroatoms. The van der Waals surface area contributed by atoms with Gasteiger partial charge in [0.1, 0.15) is 11.1 Å². The topological polar surface area (TPSA) is 76.0 Å². The number of fused-ring (bicyclic) bond motifs is 1. The first-order valence-corrected chi connectivity index (χ1v) is 4.48. The van der Waals surface area contributed by atoms with E-state index >= 15 is 0 Å². The number of carboxylic acids is 1. The smallest absolute Gasteiger partial charge is 0.339 e. The van der Waals surface area contributed by atoms with E-state index in [1.165, 1.54) is 18.6 Å². The molecule has 0 amide bonds. The van der Waals surface area contributed by atoms with Gasteiger partial charge in [-0.05, 0) is 15.9 Å². The average molecular weight is 254 g/mol. The predicted molar refractivity (Wildman–Crippen MR) is 52.0 cm³/mol. The molecule has 70 valence electrons. The maximum atomic E-state index is 10.9. The number of carboxylic acid groups (broad SMARTS) is 1. The van der Waals surface area contributed by atoms with Crippen LogP contribution >= 0.6 is 15.9 Å². The highest BCUT2D eigenvalue weighted by Gasteiger charge is 2.15. The molecule has 0 saturated heterocycles. The summed E-state index contributed by atoms with van der Waals surface area (Å²) in [6.45, 7) is 0. The van der Waals surface area contributed by atoms with Crippen LogP contribution in [0.1, 0.15) is 10.4 Å². The first-order valence-electron chi connectivity index (χ1n) is 3.68. The van der Waals surface area contributed by atoms with Crippen LogP contribution in [0.4, 0.5) is 0 Å². The van der Waals surface area contributed by atoms with Gasteiger partial charge in [0.25, 0.3) is 0 Å². The Balaban J connectivity index is 2.90. The number of rotatable bonds is 1. The summed E-state index contributed by atoms with van der Waals surface area (Å²) in [6, 6.07) is 0. The number of hydrogen-bond acceptors (Lipinski definition) is 4. The third kappa shape index (κ3) is 1.33. The summed E-state index contributed by atoms with van der Waals surface area (Å²) in [5.41, 5.74) is 0.700. The summed E-state index contributed by atoms with van der Waals surface area (Å²) in [5.74, 6) is -1.05. The van der Waals surface area contributed by atoms with E-state index in [1.54, 1.807) is 0 Å². The molecule has 1 N–H and O–H groups in total. The SMILES string of the molecule is O=C(O)c1c(Br)cnc2nccnc12. The molecule has 2 aromatic heterocycles. The molecule has 0 aromatic carbocycles. The standard InChI is InChI=1S/C8H4BrN3O2/c9-4-3-12-7-6(5(4)8(13)14)10-1-2-11-7/h1-3H,(H,13,14). The molecule has 0 unspecified atom stereocenters. The van der Waals surface area contributed by atoms with Gasteiger partial charge in [0.15, 0.2) is 5.65 Å². The van der Waals surface area contributed by atoms with E-state index < -0.39 is 5.97 Å². The van der Waals surface area contributed by atoms with E-state index in [9.17, 15) is 4.79 Å². The number of nitrogens with zero attached hydrogens (tertiary/aromatic N) is 3. The van der Waals surface area contributed by atoms with Crippen LogP contribution < -0.4 is 0 Å². The van der Waals surface area contributed by atoms with Crippen molar-refractivity contribution in [1.82, 2.24) is 15.0 Å². The van der Waals surface area contributed by atoms with Gasteiger partial charge in [0.05, 0.1) is 4.47 Å². The fraction of sp³-hybridized carbons (Fsp3) is 0. The zero-order valence-corrected chi connectivity index (χ0v) is 8.39. The Morgan fingerprint density at radius 2 is 2.00 bits per heavy atom. The summed E-state index contributed by atoms with van der Waals surface area (Å²) < 4.78 is 0.401. The lowest BCUT2D eigenvalue weighted by atomic mass is 10.2. The summed E-state index contributed by atoms with van der Waals surface area (Å²) in [4.78, 5) is 22.7. The van der Waals surface area contributed by atoms with Crippen LogP contribution in [0.25, 0.3) is 11.2 Å². The number of aromatic carboxylic acids is 1. The monoisotopic (exact) mass is 253 g/mol. The second-order valence-corrected chi connectivity index (χ2v) is 3.37. The summed E-state index contributed by atoms with van der Waals surface area (Å²) >= 11 is 3.11. The Morgan fingerprint density at radius 1 is 1.29 bits per heavy atom. The molecule has 0 bridgehead atoms. The van der Waals surface area contributed by atoms with Crippen LogP contribution in [-0.4, -0.2) is 26.0 Å². The zero-order valence-electron chi connectivity index (χ0n) is 6.81. The predicted octanol–water partition coefficient (Wildman–Crippen LogP) is 1.49. The summed E-state index contributed by atoms with van der Waals surface area (Å²) in [5, 5.41) is 8.94. The molecular formula is C8H4BrN3O2. The third-order valence-corrected chi connectivity index (χ3v) is 2.27. The molecule has 5 nitrogen and oxygen atoms in total. The van der Waals surface area contributed by atoms with Crippen molar-refractivity contribution < 1.29 is 9.90 Å². The van der Waals surface area contributed by atoms with E-state index in [0.29, 0.717) is 10.1 Å². The van der Waals surface area contributed by atoms with Crippen LogP contribution in [0.5, 0.6) is 0 Å². The summed E-state index contributed by atoms with van der Waals surface area (Å²) in [7, 11) is 0. The number of aromatic nitrogens is 3. The van der Waals surface area contributed by atoms with E-state index in [2.05, 4.69) is 30.9 Å². The minimum absolute atomic E-state index is 0.0862. The van der Waals surface area contributed by atoms with Crippen molar-refractivity contribution in [2.75, 3.05) is 0 Å². The molecule has 0 saturated carbocycles. The maximum Gasteiger partial charge on any atom is 0.339 e. The van der Waals surface area contributed by atoms with Crippen molar-refractivity contribution in [3.05, 3.63) is 28.6 Å². The lowest BCUT2D eigenvalue weighted by Crippen LogP contribution is -2.02. The highest BCUT2D eigenvalue weighted by molar-refractivity contribution is 9.10. The van der Waals surface area contributed by atoms with Gasteiger partial charge >= 0.3 is 5.97 Å². The fourth-order valence-corrected chi connectivity index (χ4v) is 1.56. The molecular weight excluding hydrogens is 250 g/mol. The van der Waals surface area contributed by atoms with Gasteiger partial charge in [-0.1, -0.05) is 0 Å². The van der Waals surface area contributed by atoms with Gasteiger partial charge in [-0.2, -0.15) is 0 Å². The van der Waals surface area contributed by atoms with Crippen LogP contribution in [0.2, 0.25) is 0 Å². The van der Waals surface area contributed by atoms with E-state index in [0.717, 1.165) is 0 Å². The van der Waals surface area contributed by atoms with Crippen LogP contribution in [0, 0.1) is 0 Å². The Kier molecular flexibility index (Phi) is 2.12. The normalized spacial score (nSPS) is 10.4. The average Bonchev–Trinajstić information content (AvgIpc) is 2.17. The summed E-state index contributed by atoms with van der Waals surface area (Å²) in [6.07, 6.45) is 4.30. The molecule has 0 fully saturated rings. The molecule has 14 heavy (non-hydrogen) atoms. The van der Waals surface area contributed by atoms with E-state index in [1.807, 2.05) is 0 Å². The quantitative estimate of drug-likeness (QED) is 0.834. The lowest BCUT2D eigenvalue weighted by Gasteiger charge is -2.01. The van der Waals surface area contributed by atoms with Crippen molar-refractivity contribution >= 4 is 33.1 Å². The van der Waals surface area contributed by atoms with Gasteiger partial charge in [0.2, 0.25) is 0 Å². The van der Waals surface area contributed by atoms with Gasteiger partial charge < -0.3 is 5.11 Å². The van der Waals surface area contributed by atoms with Crippen LogP contribution in [-0.2, 0) is 0 Å². The third-order valence-electron chi connectivity index (χ3n) is 1.67. The van der Waals surface area contributed by atoms with Crippen molar-refractivity contribution in [2.45, 2.75) is 0 Å². The Bertz CT molecular complexity index is 515. The van der Waals surface area contributed by atoms with Crippen LogP contribution in [0.3, 0.4) is 0 Å². The first-order chi connectivity index (χ1) is 6.70. The van der Waals surface area contributed by atoms with Gasteiger partial charge in [-0.15, -0.1) is 0 Å². The lowest BCUT2D eigenvalue weighted by molar-refractivity contribution is 0.0697. The first kappa shape index (κ1) is 9.01. The fourth-order valence-electron chi connectivity index (χ4n) is 1.10. The van der Waals surface area contributed by atoms with Gasteiger partial charge in [0, 0.05) is 18.6 Å². The van der Waals surface area contributed by atoms with E-state index in [-0.39, 0.29) is 11.1 Å². The number of pyridine rings is 1. The highest BCUT2D eigenvalue weighted by atomic mass is 79.9. The van der Waals surface area contributed by atoms with Crippen molar-refractivity contribution in [2.24, 2.45) is 0 Å². The zero-order chi connectivity index (χ0) is 10.1. The molecule has 0 atom stereocenters. The molecule has 0 radical (unpaired) electrons. The number of halogens is 1. The second-order valence-electron chi connectivity index (χ2n) is 2.51. The van der Waals surface area contributed by atoms with Crippen molar-refractivity contribution in [3.63, 3.8) is 0 Å². The Labute approximate surface area is 87.0 Å². The molecule has 0 aliphatic rings. The molecule has 2 aromatic rings. The molecule has 0 aliphatic carbocycles. The number of carbonyl (C=O) groups is 1. The van der Waals surface area contributed by atoms with Gasteiger partial charge in [-0.25, -0.2) is 14.8 Å². The van der Waals surface area contributed by atoms with Crippen molar-refractivity contribution in [1.29, 1.82) is 0 Å². The Hall–Kier alpha value is -1.56. The minimum atomic E-state index is -1.05. The molecule has 2 rings (SSSR count). The van der Waals surface area contributed by atoms with E-state index in [4.69, 9.17) is 5.11 Å². The van der Waals surface area contributed by atoms with Gasteiger partial charge in [-0.3, -0.25) is 4.98 Å². The largest absolute Gasteiger partial charge is 0.478 e. The second kappa shape index (κ2) is 3.30. The number of hydrogen-bond donors (Lipinski definition) is 1. The highest BCUT2D eigenvalue weighted by Crippen LogP contribution is 2.21. The minimum Gasteiger partial charge on any atom is -0.478 e. The molecule has 0 aliphatic heterocycles. The van der Waals surface area contributed by atoms with Crippen LogP contribution in [0.15, 0.2) is 23.1 Å².